The summed E-state index contributed by atoms with van der Waals surface area (Å²) in [5, 5.41) is 8.02. The van der Waals surface area contributed by atoms with Crippen molar-refractivity contribution in [1.29, 1.82) is 0 Å². The van der Waals surface area contributed by atoms with E-state index in [2.05, 4.69) is 30.9 Å². The van der Waals surface area contributed by atoms with Crippen LogP contribution in [0.25, 0.3) is 0 Å². The highest BCUT2D eigenvalue weighted by Crippen LogP contribution is 2.55. The van der Waals surface area contributed by atoms with Crippen LogP contribution in [-0.2, 0) is 9.53 Å². The molecule has 42 heavy (non-hydrogen) atoms. The number of para-hydroxylation sites is 3. The molecule has 210 valence electrons. The van der Waals surface area contributed by atoms with Crippen molar-refractivity contribution in [3.63, 3.8) is 0 Å². The number of thioether (sulfide) groups is 1. The summed E-state index contributed by atoms with van der Waals surface area (Å²) < 4.78 is 5.57. The summed E-state index contributed by atoms with van der Waals surface area (Å²) in [4.78, 5) is 22.5. The first-order valence-corrected chi connectivity index (χ1v) is 14.8. The van der Waals surface area contributed by atoms with Gasteiger partial charge in [0.2, 0.25) is 5.66 Å². The van der Waals surface area contributed by atoms with E-state index in [0.29, 0.717) is 23.7 Å². The van der Waals surface area contributed by atoms with Gasteiger partial charge in [0, 0.05) is 16.2 Å². The molecule has 0 bridgehead atoms. The maximum absolute atomic E-state index is 14.1. The van der Waals surface area contributed by atoms with Crippen molar-refractivity contribution < 1.29 is 9.53 Å². The van der Waals surface area contributed by atoms with Crippen LogP contribution in [0.1, 0.15) is 25.8 Å². The van der Waals surface area contributed by atoms with Crippen LogP contribution in [0.3, 0.4) is 0 Å². The van der Waals surface area contributed by atoms with E-state index < -0.39 is 11.6 Å². The molecule has 0 unspecified atom stereocenters. The van der Waals surface area contributed by atoms with Gasteiger partial charge in [-0.3, -0.25) is 4.90 Å². The molecule has 6 rings (SSSR count). The highest BCUT2D eigenvalue weighted by atomic mass is 32.2. The van der Waals surface area contributed by atoms with E-state index in [-0.39, 0.29) is 0 Å². The number of allylic oxidation sites excluding steroid dienone is 1. The second kappa shape index (κ2) is 11.7. The smallest absolute Gasteiger partial charge is 0.339 e. The molecule has 0 fully saturated rings. The number of benzene rings is 4. The van der Waals surface area contributed by atoms with E-state index in [1.54, 1.807) is 11.8 Å². The van der Waals surface area contributed by atoms with Crippen LogP contribution < -0.4 is 9.91 Å². The number of ether oxygens (including phenoxy) is 1. The second-order valence-corrected chi connectivity index (χ2v) is 11.6. The van der Waals surface area contributed by atoms with Gasteiger partial charge in [-0.15, -0.1) is 0 Å². The Bertz CT molecular complexity index is 1650. The van der Waals surface area contributed by atoms with Crippen LogP contribution in [0.4, 0.5) is 17.1 Å². The van der Waals surface area contributed by atoms with Gasteiger partial charge in [0.15, 0.2) is 5.84 Å². The van der Waals surface area contributed by atoms with Gasteiger partial charge in [0.1, 0.15) is 10.6 Å². The largest absolute Gasteiger partial charge is 0.466 e. The van der Waals surface area contributed by atoms with Crippen molar-refractivity contribution in [2.45, 2.75) is 25.9 Å². The highest BCUT2D eigenvalue weighted by Gasteiger charge is 2.63. The van der Waals surface area contributed by atoms with Crippen LogP contribution in [0.15, 0.2) is 142 Å². The van der Waals surface area contributed by atoms with Crippen LogP contribution in [-0.4, -0.2) is 29.6 Å². The molecular formula is C35H32N4O2S. The lowest BCUT2D eigenvalue weighted by atomic mass is 9.92. The Morgan fingerprint density at radius 2 is 1.38 bits per heavy atom. The van der Waals surface area contributed by atoms with Crippen molar-refractivity contribution in [3.8, 4) is 0 Å². The van der Waals surface area contributed by atoms with Gasteiger partial charge in [-0.1, -0.05) is 111 Å². The first-order valence-electron chi connectivity index (χ1n) is 14.0. The van der Waals surface area contributed by atoms with Crippen LogP contribution in [0.2, 0.25) is 0 Å². The molecule has 0 amide bonds. The number of anilines is 2. The summed E-state index contributed by atoms with van der Waals surface area (Å²) >= 11 is 1.55. The average Bonchev–Trinajstić information content (AvgIpc) is 3.53. The molecule has 2 aliphatic heterocycles. The minimum atomic E-state index is -1.24. The molecule has 0 aromatic heterocycles. The van der Waals surface area contributed by atoms with Crippen molar-refractivity contribution in [1.82, 2.24) is 0 Å². The maximum atomic E-state index is 14.1. The SMILES string of the molecule is COC(=O)C1=C(CC(C)C)SC(=Nc2ccccc2)[C@@]12N(c1ccccc1)N=C(c1ccccc1)N2c1ccccc1. The van der Waals surface area contributed by atoms with Gasteiger partial charge in [0.05, 0.1) is 18.5 Å². The number of rotatable bonds is 7. The third-order valence-electron chi connectivity index (χ3n) is 7.20. The minimum Gasteiger partial charge on any atom is -0.466 e. The Morgan fingerprint density at radius 1 is 0.833 bits per heavy atom. The summed E-state index contributed by atoms with van der Waals surface area (Å²) in [5.41, 5.74) is 2.71. The first kappa shape index (κ1) is 27.5. The molecule has 2 aliphatic rings. The lowest BCUT2D eigenvalue weighted by Crippen LogP contribution is -2.62. The molecule has 0 N–H and O–H groups in total. The zero-order valence-electron chi connectivity index (χ0n) is 23.8. The van der Waals surface area contributed by atoms with Crippen molar-refractivity contribution in [2.75, 3.05) is 17.0 Å². The standard InChI is InChI=1S/C35H32N4O2S/c1-25(2)24-30-31(33(40)41-3)35(34(42-30)36-27-18-10-5-11-19-27)38(28-20-12-6-13-21-28)32(26-16-8-4-9-17-26)37-39(35)29-22-14-7-15-23-29/h4-23,25H,24H2,1-3H3/t35-/m0/s1. The molecule has 0 aliphatic carbocycles. The Labute approximate surface area is 251 Å². The molecule has 1 atom stereocenters. The van der Waals surface area contributed by atoms with Gasteiger partial charge >= 0.3 is 5.97 Å². The summed E-state index contributed by atoms with van der Waals surface area (Å²) in [5.74, 6) is 0.605. The molecule has 4 aromatic rings. The fourth-order valence-corrected chi connectivity index (χ4v) is 7.02. The zero-order chi connectivity index (χ0) is 29.1. The normalized spacial score (nSPS) is 19.2. The van der Waals surface area contributed by atoms with Gasteiger partial charge in [-0.25, -0.2) is 14.8 Å². The molecule has 0 saturated heterocycles. The second-order valence-electron chi connectivity index (χ2n) is 10.5. The molecule has 0 radical (unpaired) electrons. The monoisotopic (exact) mass is 572 g/mol. The maximum Gasteiger partial charge on any atom is 0.339 e. The summed E-state index contributed by atoms with van der Waals surface area (Å²) in [6.45, 7) is 4.32. The van der Waals surface area contributed by atoms with E-state index in [1.807, 2.05) is 114 Å². The number of amidine groups is 1. The summed E-state index contributed by atoms with van der Waals surface area (Å²) in [6, 6.07) is 40.0. The molecule has 6 nitrogen and oxygen atoms in total. The fourth-order valence-electron chi connectivity index (χ4n) is 5.47. The predicted molar refractivity (Wildman–Crippen MR) is 173 cm³/mol. The quantitative estimate of drug-likeness (QED) is 0.210. The molecule has 2 heterocycles. The number of aliphatic imine (C=N–C) groups is 1. The number of hydrogen-bond donors (Lipinski definition) is 0. The van der Waals surface area contributed by atoms with Gasteiger partial charge in [-0.2, -0.15) is 5.10 Å². The molecular weight excluding hydrogens is 540 g/mol. The van der Waals surface area contributed by atoms with E-state index >= 15 is 0 Å². The van der Waals surface area contributed by atoms with Crippen molar-refractivity contribution in [3.05, 3.63) is 137 Å². The van der Waals surface area contributed by atoms with Gasteiger partial charge < -0.3 is 4.74 Å². The third kappa shape index (κ3) is 4.80. The molecule has 7 heteroatoms. The molecule has 1 spiro atoms. The Balaban J connectivity index is 1.75. The fraction of sp³-hybridized carbons (Fsp3) is 0.171. The van der Waals surface area contributed by atoms with Gasteiger partial charge in [-0.05, 0) is 48.7 Å². The Morgan fingerprint density at radius 3 is 1.95 bits per heavy atom. The number of esters is 1. The van der Waals surface area contributed by atoms with E-state index in [4.69, 9.17) is 14.8 Å². The lowest BCUT2D eigenvalue weighted by molar-refractivity contribution is -0.136. The number of methoxy groups -OCH3 is 1. The Kier molecular flexibility index (Phi) is 7.68. The van der Waals surface area contributed by atoms with Crippen LogP contribution in [0, 0.1) is 5.92 Å². The number of hydrogen-bond acceptors (Lipinski definition) is 7. The summed E-state index contributed by atoms with van der Waals surface area (Å²) in [6.07, 6.45) is 0.691. The highest BCUT2D eigenvalue weighted by molar-refractivity contribution is 8.18. The minimum absolute atomic E-state index is 0.298. The number of hydrazone groups is 1. The van der Waals surface area contributed by atoms with E-state index in [0.717, 1.165) is 32.6 Å². The third-order valence-corrected chi connectivity index (χ3v) is 8.39. The predicted octanol–water partition coefficient (Wildman–Crippen LogP) is 8.02. The Hall–Kier alpha value is -4.62. The van der Waals surface area contributed by atoms with Crippen LogP contribution in [0.5, 0.6) is 0 Å². The molecule has 0 saturated carbocycles. The topological polar surface area (TPSA) is 57.5 Å². The molecule has 4 aromatic carbocycles. The van der Waals surface area contributed by atoms with E-state index in [1.165, 1.54) is 7.11 Å². The van der Waals surface area contributed by atoms with Crippen LogP contribution >= 0.6 is 11.8 Å². The first-order chi connectivity index (χ1) is 20.5. The van der Waals surface area contributed by atoms with Gasteiger partial charge in [0.25, 0.3) is 0 Å². The number of carbonyl (C=O) groups excluding carboxylic acids is 1. The average molecular weight is 573 g/mol. The van der Waals surface area contributed by atoms with E-state index in [9.17, 15) is 4.79 Å². The summed E-state index contributed by atoms with van der Waals surface area (Å²) in [7, 11) is 1.45. The van der Waals surface area contributed by atoms with Crippen molar-refractivity contribution >= 4 is 45.7 Å². The zero-order valence-corrected chi connectivity index (χ0v) is 24.7. The lowest BCUT2D eigenvalue weighted by Gasteiger charge is -2.42. The van der Waals surface area contributed by atoms with Crippen molar-refractivity contribution in [2.24, 2.45) is 16.0 Å². The number of carbonyl (C=O) groups is 1. The number of nitrogens with zero attached hydrogens (tertiary/aromatic N) is 4.